The third kappa shape index (κ3) is 3.57. The smallest absolute Gasteiger partial charge is 0.274 e. The summed E-state index contributed by atoms with van der Waals surface area (Å²) in [5.41, 5.74) is 3.24. The van der Waals surface area contributed by atoms with E-state index in [4.69, 9.17) is 4.74 Å². The second-order valence-corrected chi connectivity index (χ2v) is 8.02. The van der Waals surface area contributed by atoms with E-state index in [1.54, 1.807) is 13.3 Å². The van der Waals surface area contributed by atoms with E-state index in [2.05, 4.69) is 20.3 Å². The summed E-state index contributed by atoms with van der Waals surface area (Å²) in [4.78, 5) is 28.5. The van der Waals surface area contributed by atoms with E-state index in [1.807, 2.05) is 42.3 Å². The lowest BCUT2D eigenvalue weighted by molar-refractivity contribution is 0.0267. The number of carbonyl (C=O) groups excluding carboxylic acids is 1. The van der Waals surface area contributed by atoms with Crippen molar-refractivity contribution in [2.75, 3.05) is 32.1 Å². The van der Waals surface area contributed by atoms with Crippen LogP contribution in [0.1, 0.15) is 34.7 Å². The highest BCUT2D eigenvalue weighted by molar-refractivity contribution is 7.17. The van der Waals surface area contributed by atoms with Crippen LogP contribution < -0.4 is 5.32 Å². The number of likely N-dealkylation sites (tertiary alicyclic amines) is 1. The molecule has 0 saturated carbocycles. The summed E-state index contributed by atoms with van der Waals surface area (Å²) in [6.45, 7) is 6.09. The molecule has 0 aliphatic carbocycles. The number of carbonyl (C=O) groups is 1. The number of hydrogen-bond acceptors (Lipinski definition) is 7. The van der Waals surface area contributed by atoms with Crippen LogP contribution in [0.4, 0.5) is 5.95 Å². The van der Waals surface area contributed by atoms with Gasteiger partial charge in [-0.1, -0.05) is 6.07 Å². The van der Waals surface area contributed by atoms with Gasteiger partial charge < -0.3 is 15.0 Å². The zero-order valence-corrected chi connectivity index (χ0v) is 17.0. The normalized spacial score (nSPS) is 15.5. The van der Waals surface area contributed by atoms with Gasteiger partial charge in [-0.15, -0.1) is 11.3 Å². The highest BCUT2D eigenvalue weighted by Gasteiger charge is 2.33. The first-order valence-electron chi connectivity index (χ1n) is 9.28. The minimum atomic E-state index is -0.0735. The van der Waals surface area contributed by atoms with Crippen LogP contribution in [-0.4, -0.2) is 52.6 Å². The summed E-state index contributed by atoms with van der Waals surface area (Å²) in [5.74, 6) is 0.803. The van der Waals surface area contributed by atoms with E-state index < -0.39 is 0 Å². The number of rotatable bonds is 6. The number of methoxy groups -OCH3 is 1. The van der Waals surface area contributed by atoms with Crippen molar-refractivity contribution in [1.29, 1.82) is 0 Å². The van der Waals surface area contributed by atoms with Crippen LogP contribution in [0.3, 0.4) is 0 Å². The van der Waals surface area contributed by atoms with Gasteiger partial charge in [0.2, 0.25) is 5.95 Å². The molecular formula is C20H23N5O2S. The number of pyridine rings is 1. The lowest BCUT2D eigenvalue weighted by atomic mass is 10.0. The average molecular weight is 398 g/mol. The van der Waals surface area contributed by atoms with Crippen LogP contribution in [0, 0.1) is 12.8 Å². The summed E-state index contributed by atoms with van der Waals surface area (Å²) in [6, 6.07) is 5.71. The van der Waals surface area contributed by atoms with Gasteiger partial charge in [-0.2, -0.15) is 0 Å². The maximum Gasteiger partial charge on any atom is 0.274 e. The largest absolute Gasteiger partial charge is 0.384 e. The van der Waals surface area contributed by atoms with Gasteiger partial charge in [0.1, 0.15) is 0 Å². The minimum Gasteiger partial charge on any atom is -0.384 e. The summed E-state index contributed by atoms with van der Waals surface area (Å²) in [7, 11) is 1.69. The quantitative estimate of drug-likeness (QED) is 0.688. The molecule has 0 aromatic carbocycles. The number of thiophene rings is 1. The van der Waals surface area contributed by atoms with Crippen LogP contribution in [0.2, 0.25) is 0 Å². The Balaban J connectivity index is 1.62. The molecule has 0 spiro atoms. The van der Waals surface area contributed by atoms with Crippen molar-refractivity contribution in [3.8, 4) is 0 Å². The Morgan fingerprint density at radius 1 is 1.39 bits per heavy atom. The zero-order chi connectivity index (χ0) is 19.7. The summed E-state index contributed by atoms with van der Waals surface area (Å²) >= 11 is 1.52. The van der Waals surface area contributed by atoms with Crippen LogP contribution >= 0.6 is 11.3 Å². The predicted molar refractivity (Wildman–Crippen MR) is 110 cm³/mol. The fourth-order valence-corrected chi connectivity index (χ4v) is 4.34. The fourth-order valence-electron chi connectivity index (χ4n) is 3.37. The van der Waals surface area contributed by atoms with Crippen molar-refractivity contribution in [2.24, 2.45) is 5.92 Å². The number of fused-ring (bicyclic) bond motifs is 1. The van der Waals surface area contributed by atoms with Crippen molar-refractivity contribution < 1.29 is 9.53 Å². The number of nitrogens with zero attached hydrogens (tertiary/aromatic N) is 4. The monoisotopic (exact) mass is 397 g/mol. The lowest BCUT2D eigenvalue weighted by Gasteiger charge is -2.38. The van der Waals surface area contributed by atoms with E-state index in [1.165, 1.54) is 11.3 Å². The number of aryl methyl sites for hydroxylation is 1. The molecule has 1 N–H and O–H groups in total. The fraction of sp³-hybridized carbons (Fsp3) is 0.400. The lowest BCUT2D eigenvalue weighted by Crippen LogP contribution is -2.51. The van der Waals surface area contributed by atoms with Gasteiger partial charge in [0.15, 0.2) is 5.69 Å². The van der Waals surface area contributed by atoms with Gasteiger partial charge in [-0.05, 0) is 36.9 Å². The highest BCUT2D eigenvalue weighted by atomic mass is 32.1. The molecule has 1 aliphatic rings. The Morgan fingerprint density at radius 3 is 2.93 bits per heavy atom. The average Bonchev–Trinajstić information content (AvgIpc) is 3.05. The molecule has 7 nitrogen and oxygen atoms in total. The predicted octanol–water partition coefficient (Wildman–Crippen LogP) is 3.29. The Kier molecular flexibility index (Phi) is 5.23. The number of ether oxygens (including phenoxy) is 1. The molecule has 8 heteroatoms. The van der Waals surface area contributed by atoms with Crippen LogP contribution in [-0.2, 0) is 4.74 Å². The van der Waals surface area contributed by atoms with Crippen LogP contribution in [0.25, 0.3) is 10.2 Å². The third-order valence-electron chi connectivity index (χ3n) is 4.92. The molecule has 28 heavy (non-hydrogen) atoms. The van der Waals surface area contributed by atoms with Gasteiger partial charge in [0.25, 0.3) is 5.91 Å². The third-order valence-corrected chi connectivity index (χ3v) is 6.01. The van der Waals surface area contributed by atoms with Crippen molar-refractivity contribution in [1.82, 2.24) is 19.9 Å². The Hall–Kier alpha value is -2.58. The molecule has 146 valence electrons. The Bertz CT molecular complexity index is 985. The minimum absolute atomic E-state index is 0.0462. The molecule has 0 bridgehead atoms. The molecule has 1 atom stereocenters. The Labute approximate surface area is 167 Å². The first-order valence-corrected chi connectivity index (χ1v) is 10.2. The maximum atomic E-state index is 13.1. The van der Waals surface area contributed by atoms with E-state index in [9.17, 15) is 4.79 Å². The van der Waals surface area contributed by atoms with Crippen LogP contribution in [0.5, 0.6) is 0 Å². The molecule has 3 aromatic rings. The van der Waals surface area contributed by atoms with E-state index in [0.717, 1.165) is 21.5 Å². The number of nitrogens with one attached hydrogen (secondary N) is 1. The van der Waals surface area contributed by atoms with Gasteiger partial charge in [-0.25, -0.2) is 9.97 Å². The number of aromatic nitrogens is 3. The van der Waals surface area contributed by atoms with Gasteiger partial charge in [0.05, 0.1) is 28.6 Å². The number of anilines is 1. The molecule has 4 rings (SSSR count). The van der Waals surface area contributed by atoms with Gasteiger partial charge in [-0.3, -0.25) is 9.78 Å². The second-order valence-electron chi connectivity index (χ2n) is 7.14. The van der Waals surface area contributed by atoms with Crippen molar-refractivity contribution >= 4 is 33.4 Å². The zero-order valence-electron chi connectivity index (χ0n) is 16.2. The van der Waals surface area contributed by atoms with E-state index in [-0.39, 0.29) is 11.9 Å². The second kappa shape index (κ2) is 7.81. The topological polar surface area (TPSA) is 80.2 Å². The number of amides is 1. The molecule has 1 amide bonds. The van der Waals surface area contributed by atoms with E-state index in [0.29, 0.717) is 37.3 Å². The van der Waals surface area contributed by atoms with Crippen molar-refractivity contribution in [2.45, 2.75) is 19.9 Å². The highest BCUT2D eigenvalue weighted by Crippen LogP contribution is 2.30. The van der Waals surface area contributed by atoms with Gasteiger partial charge in [0, 0.05) is 32.3 Å². The Morgan fingerprint density at radius 2 is 2.21 bits per heavy atom. The molecule has 1 aliphatic heterocycles. The molecule has 1 fully saturated rings. The molecule has 1 saturated heterocycles. The standard InChI is InChI=1S/C20H23N5O2S/c1-12-11-28-18-16(12)23-20(22-13(2)15-6-4-5-7-21-15)24-17(18)19(26)25-8-14(9-25)10-27-3/h4-7,11,13-14H,8-10H2,1-3H3,(H,22,23,24)/t13-/m0/s1. The summed E-state index contributed by atoms with van der Waals surface area (Å²) in [5, 5.41) is 5.32. The number of hydrogen-bond donors (Lipinski definition) is 1. The molecule has 0 unspecified atom stereocenters. The van der Waals surface area contributed by atoms with Crippen molar-refractivity contribution in [3.63, 3.8) is 0 Å². The summed E-state index contributed by atoms with van der Waals surface area (Å²) < 4.78 is 6.02. The molecule has 4 heterocycles. The van der Waals surface area contributed by atoms with E-state index >= 15 is 0 Å². The molecular weight excluding hydrogens is 374 g/mol. The molecule has 3 aromatic heterocycles. The van der Waals surface area contributed by atoms with Gasteiger partial charge >= 0.3 is 0 Å². The first-order chi connectivity index (χ1) is 13.6. The molecule has 0 radical (unpaired) electrons. The first kappa shape index (κ1) is 18.8. The van der Waals surface area contributed by atoms with Crippen LogP contribution in [0.15, 0.2) is 29.8 Å². The SMILES string of the molecule is COCC1CN(C(=O)c2nc(N[C@@H](C)c3ccccn3)nc3c(C)csc23)C1. The maximum absolute atomic E-state index is 13.1. The summed E-state index contributed by atoms with van der Waals surface area (Å²) in [6.07, 6.45) is 1.76. The van der Waals surface area contributed by atoms with Crippen molar-refractivity contribution in [3.05, 3.63) is 46.7 Å².